The third kappa shape index (κ3) is 5.42. The van der Waals surface area contributed by atoms with Crippen LogP contribution in [-0.4, -0.2) is 56.2 Å². The fourth-order valence-electron chi connectivity index (χ4n) is 3.12. The molecule has 0 saturated heterocycles. The molecule has 3 rings (SSSR count). The molecule has 1 heterocycles. The molecule has 0 fully saturated rings. The third-order valence-corrected chi connectivity index (χ3v) is 4.86. The Morgan fingerprint density at radius 2 is 1.70 bits per heavy atom. The summed E-state index contributed by atoms with van der Waals surface area (Å²) in [5.74, 6) is 1.59. The summed E-state index contributed by atoms with van der Waals surface area (Å²) in [5.41, 5.74) is 1.29. The maximum absolute atomic E-state index is 12.7. The van der Waals surface area contributed by atoms with E-state index < -0.39 is 6.04 Å². The lowest BCUT2D eigenvalue weighted by atomic mass is 10.2. The first kappa shape index (κ1) is 21.4. The largest absolute Gasteiger partial charge is 0.497 e. The number of hydrogen-bond donors (Lipinski definition) is 2. The SMILES string of the molecule is CCN(CC(=O)Nc1ccc(OC)cc1)[C@@H](C)C(=O)Nc1ccc2c(c1)OCCO2. The number of benzene rings is 2. The molecule has 2 aromatic rings. The van der Waals surface area contributed by atoms with Gasteiger partial charge in [-0.15, -0.1) is 0 Å². The van der Waals surface area contributed by atoms with Gasteiger partial charge in [-0.1, -0.05) is 6.92 Å². The molecule has 0 unspecified atom stereocenters. The van der Waals surface area contributed by atoms with E-state index in [9.17, 15) is 9.59 Å². The molecule has 0 radical (unpaired) electrons. The van der Waals surface area contributed by atoms with Gasteiger partial charge in [-0.05, 0) is 49.9 Å². The number of carbonyl (C=O) groups excluding carboxylic acids is 2. The Balaban J connectivity index is 1.56. The predicted molar refractivity (Wildman–Crippen MR) is 114 cm³/mol. The Labute approximate surface area is 176 Å². The van der Waals surface area contributed by atoms with Crippen LogP contribution in [0.4, 0.5) is 11.4 Å². The second-order valence-corrected chi connectivity index (χ2v) is 6.86. The number of hydrogen-bond acceptors (Lipinski definition) is 6. The first-order chi connectivity index (χ1) is 14.5. The molecule has 160 valence electrons. The number of anilines is 2. The van der Waals surface area contributed by atoms with Gasteiger partial charge in [0, 0.05) is 17.4 Å². The summed E-state index contributed by atoms with van der Waals surface area (Å²) in [4.78, 5) is 27.0. The minimum absolute atomic E-state index is 0.0955. The van der Waals surface area contributed by atoms with Gasteiger partial charge in [0.25, 0.3) is 0 Å². The van der Waals surface area contributed by atoms with Gasteiger partial charge in [-0.2, -0.15) is 0 Å². The van der Waals surface area contributed by atoms with Crippen LogP contribution in [0.2, 0.25) is 0 Å². The van der Waals surface area contributed by atoms with Crippen LogP contribution >= 0.6 is 0 Å². The number of carbonyl (C=O) groups is 2. The van der Waals surface area contributed by atoms with Gasteiger partial charge < -0.3 is 24.8 Å². The van der Waals surface area contributed by atoms with Crippen LogP contribution in [0, 0.1) is 0 Å². The van der Waals surface area contributed by atoms with Gasteiger partial charge >= 0.3 is 0 Å². The summed E-state index contributed by atoms with van der Waals surface area (Å²) in [6.07, 6.45) is 0. The van der Waals surface area contributed by atoms with Gasteiger partial charge in [0.05, 0.1) is 19.7 Å². The average molecular weight is 413 g/mol. The van der Waals surface area contributed by atoms with Gasteiger partial charge in [0.15, 0.2) is 11.5 Å². The van der Waals surface area contributed by atoms with Gasteiger partial charge in [-0.25, -0.2) is 0 Å². The quantitative estimate of drug-likeness (QED) is 0.692. The normalized spacial score (nSPS) is 13.5. The summed E-state index contributed by atoms with van der Waals surface area (Å²) in [7, 11) is 1.59. The van der Waals surface area contributed by atoms with Gasteiger partial charge in [-0.3, -0.25) is 14.5 Å². The highest BCUT2D eigenvalue weighted by Crippen LogP contribution is 2.32. The van der Waals surface area contributed by atoms with Crippen LogP contribution < -0.4 is 24.8 Å². The minimum Gasteiger partial charge on any atom is -0.497 e. The van der Waals surface area contributed by atoms with E-state index in [0.29, 0.717) is 48.4 Å². The molecule has 8 nitrogen and oxygen atoms in total. The van der Waals surface area contributed by atoms with E-state index in [2.05, 4.69) is 10.6 Å². The lowest BCUT2D eigenvalue weighted by Gasteiger charge is -2.26. The van der Waals surface area contributed by atoms with E-state index in [1.54, 1.807) is 61.4 Å². The zero-order chi connectivity index (χ0) is 21.5. The number of methoxy groups -OCH3 is 1. The smallest absolute Gasteiger partial charge is 0.241 e. The molecule has 2 aromatic carbocycles. The molecule has 1 aliphatic heterocycles. The van der Waals surface area contributed by atoms with Crippen LogP contribution in [0.25, 0.3) is 0 Å². The predicted octanol–water partition coefficient (Wildman–Crippen LogP) is 2.75. The number of nitrogens with zero attached hydrogens (tertiary/aromatic N) is 1. The van der Waals surface area contributed by atoms with E-state index >= 15 is 0 Å². The molecule has 0 aliphatic carbocycles. The van der Waals surface area contributed by atoms with E-state index in [-0.39, 0.29) is 18.4 Å². The van der Waals surface area contributed by atoms with Crippen LogP contribution in [0.1, 0.15) is 13.8 Å². The standard InChI is InChI=1S/C22H27N3O5/c1-4-25(14-21(26)23-16-5-8-18(28-3)9-6-16)15(2)22(27)24-17-7-10-19-20(13-17)30-12-11-29-19/h5-10,13,15H,4,11-12,14H2,1-3H3,(H,23,26)(H,24,27)/t15-/m0/s1. The van der Waals surface area contributed by atoms with Crippen LogP contribution in [0.3, 0.4) is 0 Å². The molecule has 0 bridgehead atoms. The summed E-state index contributed by atoms with van der Waals surface area (Å²) in [6.45, 7) is 5.32. The van der Waals surface area contributed by atoms with Crippen molar-refractivity contribution in [3.63, 3.8) is 0 Å². The molecule has 0 spiro atoms. The number of ether oxygens (including phenoxy) is 3. The van der Waals surface area contributed by atoms with Crippen molar-refractivity contribution in [2.75, 3.05) is 44.0 Å². The first-order valence-electron chi connectivity index (χ1n) is 9.88. The number of fused-ring (bicyclic) bond motifs is 1. The van der Waals surface area contributed by atoms with E-state index in [4.69, 9.17) is 14.2 Å². The van der Waals surface area contributed by atoms with Crippen molar-refractivity contribution in [2.45, 2.75) is 19.9 Å². The molecule has 0 aromatic heterocycles. The Bertz CT molecular complexity index is 885. The van der Waals surface area contributed by atoms with Crippen molar-refractivity contribution in [3.8, 4) is 17.2 Å². The highest BCUT2D eigenvalue weighted by atomic mass is 16.6. The molecule has 1 atom stereocenters. The molecule has 2 N–H and O–H groups in total. The number of likely N-dealkylation sites (N-methyl/N-ethyl adjacent to an activating group) is 1. The third-order valence-electron chi connectivity index (χ3n) is 4.86. The van der Waals surface area contributed by atoms with Crippen LogP contribution in [-0.2, 0) is 9.59 Å². The second kappa shape index (κ2) is 9.98. The van der Waals surface area contributed by atoms with Gasteiger partial charge in [0.1, 0.15) is 19.0 Å². The van der Waals surface area contributed by atoms with Crippen LogP contribution in [0.15, 0.2) is 42.5 Å². The lowest BCUT2D eigenvalue weighted by molar-refractivity contribution is -0.123. The molecular weight excluding hydrogens is 386 g/mol. The summed E-state index contributed by atoms with van der Waals surface area (Å²) < 4.78 is 16.2. The Morgan fingerprint density at radius 3 is 2.37 bits per heavy atom. The summed E-state index contributed by atoms with van der Waals surface area (Å²) in [6, 6.07) is 11.9. The van der Waals surface area contributed by atoms with E-state index in [1.165, 1.54) is 0 Å². The van der Waals surface area contributed by atoms with Crippen LogP contribution in [0.5, 0.6) is 17.2 Å². The van der Waals surface area contributed by atoms with Crippen molar-refractivity contribution < 1.29 is 23.8 Å². The van der Waals surface area contributed by atoms with Crippen molar-refractivity contribution >= 4 is 23.2 Å². The molecule has 8 heteroatoms. The molecule has 30 heavy (non-hydrogen) atoms. The molecule has 0 saturated carbocycles. The van der Waals surface area contributed by atoms with Crippen molar-refractivity contribution in [1.82, 2.24) is 4.90 Å². The maximum Gasteiger partial charge on any atom is 0.241 e. The van der Waals surface area contributed by atoms with Crippen molar-refractivity contribution in [1.29, 1.82) is 0 Å². The Hall–Kier alpha value is -3.26. The zero-order valence-corrected chi connectivity index (χ0v) is 17.4. The molecular formula is C22H27N3O5. The summed E-state index contributed by atoms with van der Waals surface area (Å²) in [5, 5.41) is 5.72. The van der Waals surface area contributed by atoms with E-state index in [1.807, 2.05) is 6.92 Å². The fourth-order valence-corrected chi connectivity index (χ4v) is 3.12. The highest BCUT2D eigenvalue weighted by Gasteiger charge is 2.23. The average Bonchev–Trinajstić information content (AvgIpc) is 2.77. The molecule has 2 amide bonds. The number of nitrogens with one attached hydrogen (secondary N) is 2. The van der Waals surface area contributed by atoms with Crippen molar-refractivity contribution in [3.05, 3.63) is 42.5 Å². The number of amides is 2. The summed E-state index contributed by atoms with van der Waals surface area (Å²) >= 11 is 0. The second-order valence-electron chi connectivity index (χ2n) is 6.86. The Kier molecular flexibility index (Phi) is 7.13. The first-order valence-corrected chi connectivity index (χ1v) is 9.88. The monoisotopic (exact) mass is 413 g/mol. The highest BCUT2D eigenvalue weighted by molar-refractivity contribution is 5.96. The fraction of sp³-hybridized carbons (Fsp3) is 0.364. The van der Waals surface area contributed by atoms with Gasteiger partial charge in [0.2, 0.25) is 11.8 Å². The maximum atomic E-state index is 12.7. The minimum atomic E-state index is -0.496. The molecule has 1 aliphatic rings. The number of rotatable bonds is 8. The Morgan fingerprint density at radius 1 is 1.03 bits per heavy atom. The lowest BCUT2D eigenvalue weighted by Crippen LogP contribution is -2.45. The van der Waals surface area contributed by atoms with Crippen molar-refractivity contribution in [2.24, 2.45) is 0 Å². The topological polar surface area (TPSA) is 89.1 Å². The zero-order valence-electron chi connectivity index (χ0n) is 17.4. The van der Waals surface area contributed by atoms with E-state index in [0.717, 1.165) is 0 Å².